The fraction of sp³-hybridized carbons (Fsp3) is 0.200. The Morgan fingerprint density at radius 1 is 1.14 bits per heavy atom. The predicted molar refractivity (Wildman–Crippen MR) is 56.2 cm³/mol. The van der Waals surface area contributed by atoms with Crippen LogP contribution in [0.4, 0.5) is 0 Å². The summed E-state index contributed by atoms with van der Waals surface area (Å²) in [7, 11) is 0. The summed E-state index contributed by atoms with van der Waals surface area (Å²) in [5.41, 5.74) is 1.30. The quantitative estimate of drug-likeness (QED) is 0.749. The van der Waals surface area contributed by atoms with Gasteiger partial charge in [0.15, 0.2) is 0 Å². The Balaban J connectivity index is 3.39. The fourth-order valence-corrected chi connectivity index (χ4v) is 1.69. The molecule has 0 aliphatic carbocycles. The molecule has 1 aromatic rings. The van der Waals surface area contributed by atoms with Gasteiger partial charge in [-0.3, -0.25) is 9.59 Å². The number of hydrogen-bond donors (Lipinski definition) is 0. The molecule has 0 aliphatic heterocycles. The van der Waals surface area contributed by atoms with E-state index in [2.05, 4.69) is 0 Å². The zero-order valence-corrected chi connectivity index (χ0v) is 9.02. The summed E-state index contributed by atoms with van der Waals surface area (Å²) < 4.78 is 0. The minimum Gasteiger partial charge on any atom is -0.276 e. The topological polar surface area (TPSA) is 34.1 Å². The molecule has 0 fully saturated rings. The van der Waals surface area contributed by atoms with Crippen LogP contribution >= 0.6 is 23.2 Å². The predicted octanol–water partition coefficient (Wildman–Crippen LogP) is 3.01. The average Bonchev–Trinajstić information content (AvgIpc) is 2.16. The van der Waals surface area contributed by atoms with E-state index in [4.69, 9.17) is 23.2 Å². The van der Waals surface area contributed by atoms with Gasteiger partial charge in [0.25, 0.3) is 10.5 Å². The van der Waals surface area contributed by atoms with Crippen molar-refractivity contribution in [3.8, 4) is 0 Å². The Labute approximate surface area is 91.8 Å². The van der Waals surface area contributed by atoms with E-state index in [1.165, 1.54) is 0 Å². The lowest BCUT2D eigenvalue weighted by Gasteiger charge is -2.06. The Morgan fingerprint density at radius 2 is 1.57 bits per heavy atom. The minimum atomic E-state index is -0.568. The lowest BCUT2D eigenvalue weighted by molar-refractivity contribution is 0.108. The van der Waals surface area contributed by atoms with E-state index in [-0.39, 0.29) is 0 Å². The van der Waals surface area contributed by atoms with Crippen molar-refractivity contribution in [2.75, 3.05) is 0 Å². The summed E-state index contributed by atoms with van der Waals surface area (Å²) in [6.45, 7) is 1.84. The van der Waals surface area contributed by atoms with Gasteiger partial charge in [0.1, 0.15) is 0 Å². The van der Waals surface area contributed by atoms with Gasteiger partial charge in [-0.05, 0) is 47.3 Å². The first-order chi connectivity index (χ1) is 6.57. The molecule has 14 heavy (non-hydrogen) atoms. The normalized spacial score (nSPS) is 9.93. The molecule has 0 N–H and O–H groups in total. The maximum atomic E-state index is 11.0. The van der Waals surface area contributed by atoms with Gasteiger partial charge in [-0.25, -0.2) is 0 Å². The summed E-state index contributed by atoms with van der Waals surface area (Å²) in [6.07, 6.45) is 0.544. The van der Waals surface area contributed by atoms with Crippen molar-refractivity contribution in [1.82, 2.24) is 0 Å². The average molecular weight is 231 g/mol. The summed E-state index contributed by atoms with van der Waals surface area (Å²) in [6, 6.07) is 4.75. The Morgan fingerprint density at radius 3 is 1.86 bits per heavy atom. The molecule has 4 heteroatoms. The minimum absolute atomic E-state index is 0.348. The van der Waals surface area contributed by atoms with Crippen LogP contribution in [-0.2, 0) is 6.42 Å². The molecule has 0 amide bonds. The highest BCUT2D eigenvalue weighted by molar-refractivity contribution is 6.69. The summed E-state index contributed by atoms with van der Waals surface area (Å²) in [5, 5.41) is -1.14. The number of halogens is 2. The first kappa shape index (κ1) is 11.2. The van der Waals surface area contributed by atoms with Crippen LogP contribution in [0.15, 0.2) is 18.2 Å². The molecule has 2 nitrogen and oxygen atoms in total. The Kier molecular flexibility index (Phi) is 3.67. The molecule has 0 spiro atoms. The molecule has 0 saturated carbocycles. The molecular weight excluding hydrogens is 223 g/mol. The molecule has 0 radical (unpaired) electrons. The van der Waals surface area contributed by atoms with Crippen molar-refractivity contribution >= 4 is 33.7 Å². The lowest BCUT2D eigenvalue weighted by Crippen LogP contribution is -2.03. The van der Waals surface area contributed by atoms with Gasteiger partial charge >= 0.3 is 0 Å². The zero-order chi connectivity index (χ0) is 10.7. The second kappa shape index (κ2) is 4.58. The number of benzene rings is 1. The Bertz CT molecular complexity index is 353. The third-order valence-corrected chi connectivity index (χ3v) is 2.36. The van der Waals surface area contributed by atoms with Crippen molar-refractivity contribution in [3.63, 3.8) is 0 Å². The first-order valence-electron chi connectivity index (χ1n) is 4.09. The van der Waals surface area contributed by atoms with Crippen molar-refractivity contribution in [1.29, 1.82) is 0 Å². The van der Waals surface area contributed by atoms with E-state index in [1.807, 2.05) is 6.92 Å². The molecular formula is C10H8Cl2O2. The number of carbonyl (C=O) groups is 2. The van der Waals surface area contributed by atoms with Crippen LogP contribution in [0.2, 0.25) is 0 Å². The summed E-state index contributed by atoms with van der Waals surface area (Å²) in [4.78, 5) is 22.0. The maximum absolute atomic E-state index is 11.0. The summed E-state index contributed by atoms with van der Waals surface area (Å²) in [5.74, 6) is 0. The van der Waals surface area contributed by atoms with Gasteiger partial charge in [-0.2, -0.15) is 0 Å². The first-order valence-corrected chi connectivity index (χ1v) is 4.85. The number of carbonyl (C=O) groups excluding carboxylic acids is 2. The van der Waals surface area contributed by atoms with E-state index >= 15 is 0 Å². The maximum Gasteiger partial charge on any atom is 0.252 e. The molecule has 0 aromatic heterocycles. The van der Waals surface area contributed by atoms with E-state index in [0.717, 1.165) is 0 Å². The second-order valence-corrected chi connectivity index (χ2v) is 3.42. The van der Waals surface area contributed by atoms with Crippen LogP contribution in [0.25, 0.3) is 0 Å². The van der Waals surface area contributed by atoms with Gasteiger partial charge in [-0.1, -0.05) is 13.0 Å². The zero-order valence-electron chi connectivity index (χ0n) is 7.51. The smallest absolute Gasteiger partial charge is 0.252 e. The molecule has 0 bridgehead atoms. The standard InChI is InChI=1S/C10H8Cl2O2/c1-2-6-7(9(11)13)4-3-5-8(6)10(12)14/h3-5H,2H2,1H3. The number of rotatable bonds is 3. The van der Waals surface area contributed by atoms with Gasteiger partial charge in [0.05, 0.1) is 0 Å². The molecule has 0 aliphatic rings. The summed E-state index contributed by atoms with van der Waals surface area (Å²) >= 11 is 10.7. The lowest BCUT2D eigenvalue weighted by atomic mass is 10.0. The highest BCUT2D eigenvalue weighted by Gasteiger charge is 2.14. The van der Waals surface area contributed by atoms with E-state index in [1.54, 1.807) is 18.2 Å². The van der Waals surface area contributed by atoms with Gasteiger partial charge in [-0.15, -0.1) is 0 Å². The third-order valence-electron chi connectivity index (χ3n) is 1.95. The van der Waals surface area contributed by atoms with Crippen LogP contribution < -0.4 is 0 Å². The van der Waals surface area contributed by atoms with Gasteiger partial charge in [0.2, 0.25) is 0 Å². The molecule has 0 heterocycles. The Hall–Kier alpha value is -0.860. The van der Waals surface area contributed by atoms with Crippen molar-refractivity contribution in [2.45, 2.75) is 13.3 Å². The van der Waals surface area contributed by atoms with Crippen LogP contribution in [0.5, 0.6) is 0 Å². The largest absolute Gasteiger partial charge is 0.276 e. The molecule has 1 aromatic carbocycles. The van der Waals surface area contributed by atoms with Crippen LogP contribution in [0, 0.1) is 0 Å². The van der Waals surface area contributed by atoms with E-state index < -0.39 is 10.5 Å². The molecule has 74 valence electrons. The highest BCUT2D eigenvalue weighted by Crippen LogP contribution is 2.19. The highest BCUT2D eigenvalue weighted by atomic mass is 35.5. The van der Waals surface area contributed by atoms with E-state index in [9.17, 15) is 9.59 Å². The van der Waals surface area contributed by atoms with Crippen LogP contribution in [-0.4, -0.2) is 10.5 Å². The third kappa shape index (κ3) is 2.14. The van der Waals surface area contributed by atoms with Gasteiger partial charge in [0, 0.05) is 11.1 Å². The fourth-order valence-electron chi connectivity index (χ4n) is 1.34. The molecule has 0 unspecified atom stereocenters. The van der Waals surface area contributed by atoms with Crippen molar-refractivity contribution in [2.24, 2.45) is 0 Å². The molecule has 1 rings (SSSR count). The monoisotopic (exact) mass is 230 g/mol. The van der Waals surface area contributed by atoms with Gasteiger partial charge < -0.3 is 0 Å². The van der Waals surface area contributed by atoms with Crippen molar-refractivity contribution in [3.05, 3.63) is 34.9 Å². The molecule has 0 saturated heterocycles. The SMILES string of the molecule is CCc1c(C(=O)Cl)cccc1C(=O)Cl. The van der Waals surface area contributed by atoms with E-state index in [0.29, 0.717) is 23.1 Å². The second-order valence-electron chi connectivity index (χ2n) is 2.73. The van der Waals surface area contributed by atoms with Crippen LogP contribution in [0.1, 0.15) is 33.2 Å². The van der Waals surface area contributed by atoms with Crippen molar-refractivity contribution < 1.29 is 9.59 Å². The van der Waals surface area contributed by atoms with Crippen LogP contribution in [0.3, 0.4) is 0 Å². The molecule has 0 atom stereocenters. The number of hydrogen-bond acceptors (Lipinski definition) is 2.